The van der Waals surface area contributed by atoms with E-state index in [4.69, 9.17) is 4.74 Å². The summed E-state index contributed by atoms with van der Waals surface area (Å²) in [6.45, 7) is 1.40. The van der Waals surface area contributed by atoms with Crippen LogP contribution in [-0.2, 0) is 9.53 Å². The quantitative estimate of drug-likeness (QED) is 0.833. The lowest BCUT2D eigenvalue weighted by Gasteiger charge is -2.08. The van der Waals surface area contributed by atoms with Crippen LogP contribution in [0.5, 0.6) is 0 Å². The molecular weight excluding hydrogens is 272 g/mol. The molecule has 0 radical (unpaired) electrons. The Morgan fingerprint density at radius 1 is 1.19 bits per heavy atom. The number of esters is 1. The smallest absolute Gasteiger partial charge is 0.344 e. The van der Waals surface area contributed by atoms with Crippen molar-refractivity contribution in [2.45, 2.75) is 6.92 Å². The van der Waals surface area contributed by atoms with Crippen LogP contribution in [0.2, 0.25) is 0 Å². The molecule has 2 rings (SSSR count). The minimum atomic E-state index is -0.836. The highest BCUT2D eigenvalue weighted by molar-refractivity contribution is 5.95. The zero-order valence-corrected chi connectivity index (χ0v) is 11.4. The van der Waals surface area contributed by atoms with E-state index in [1.165, 1.54) is 18.3 Å². The van der Waals surface area contributed by atoms with Crippen LogP contribution in [0.15, 0.2) is 47.4 Å². The summed E-state index contributed by atoms with van der Waals surface area (Å²) < 4.78 is 4.81. The Balaban J connectivity index is 1.93. The SMILES string of the molecule is Cc1ccccc1NC(=O)COC(=O)c1ccc[nH]c1=O. The van der Waals surface area contributed by atoms with E-state index in [1.807, 2.05) is 19.1 Å². The second kappa shape index (κ2) is 6.51. The number of aromatic amines is 1. The number of anilines is 1. The standard InChI is InChI=1S/C15H14N2O4/c1-10-5-2-3-7-12(10)17-13(18)9-21-15(20)11-6-4-8-16-14(11)19/h2-8H,9H2,1H3,(H,16,19)(H,17,18). The van der Waals surface area contributed by atoms with E-state index in [9.17, 15) is 14.4 Å². The van der Waals surface area contributed by atoms with Crippen molar-refractivity contribution in [3.05, 3.63) is 64.1 Å². The first-order chi connectivity index (χ1) is 10.1. The van der Waals surface area contributed by atoms with E-state index >= 15 is 0 Å². The molecule has 0 bridgehead atoms. The molecule has 2 aromatic rings. The number of ether oxygens (including phenoxy) is 1. The summed E-state index contributed by atoms with van der Waals surface area (Å²) in [4.78, 5) is 37.1. The second-order valence-electron chi connectivity index (χ2n) is 4.35. The Labute approximate surface area is 120 Å². The second-order valence-corrected chi connectivity index (χ2v) is 4.35. The summed E-state index contributed by atoms with van der Waals surface area (Å²) in [5.74, 6) is -1.30. The van der Waals surface area contributed by atoms with Gasteiger partial charge in [0.15, 0.2) is 6.61 Å². The lowest BCUT2D eigenvalue weighted by Crippen LogP contribution is -2.24. The molecule has 1 aromatic carbocycles. The Morgan fingerprint density at radius 2 is 1.95 bits per heavy atom. The number of para-hydroxylation sites is 1. The Morgan fingerprint density at radius 3 is 2.67 bits per heavy atom. The van der Waals surface area contributed by atoms with E-state index < -0.39 is 24.0 Å². The molecule has 0 aliphatic rings. The van der Waals surface area contributed by atoms with Crippen molar-refractivity contribution in [3.63, 3.8) is 0 Å². The number of rotatable bonds is 4. The number of pyridine rings is 1. The summed E-state index contributed by atoms with van der Waals surface area (Å²) in [6.07, 6.45) is 1.41. The molecule has 1 amide bonds. The molecule has 0 aliphatic carbocycles. The lowest BCUT2D eigenvalue weighted by atomic mass is 10.2. The van der Waals surface area contributed by atoms with E-state index in [0.717, 1.165) is 5.56 Å². The van der Waals surface area contributed by atoms with Crippen LogP contribution in [0, 0.1) is 6.92 Å². The Hall–Kier alpha value is -2.89. The van der Waals surface area contributed by atoms with E-state index in [1.54, 1.807) is 12.1 Å². The average molecular weight is 286 g/mol. The number of amides is 1. The first kappa shape index (κ1) is 14.5. The van der Waals surface area contributed by atoms with Gasteiger partial charge in [0, 0.05) is 11.9 Å². The van der Waals surface area contributed by atoms with Crippen molar-refractivity contribution in [1.29, 1.82) is 0 Å². The first-order valence-electron chi connectivity index (χ1n) is 6.28. The van der Waals surface area contributed by atoms with Gasteiger partial charge in [-0.15, -0.1) is 0 Å². The van der Waals surface area contributed by atoms with Gasteiger partial charge in [0.1, 0.15) is 5.56 Å². The molecule has 108 valence electrons. The van der Waals surface area contributed by atoms with Crippen LogP contribution in [0.25, 0.3) is 0 Å². The first-order valence-corrected chi connectivity index (χ1v) is 6.28. The van der Waals surface area contributed by atoms with Crippen molar-refractivity contribution in [2.75, 3.05) is 11.9 Å². The van der Waals surface area contributed by atoms with Gasteiger partial charge < -0.3 is 15.0 Å². The summed E-state index contributed by atoms with van der Waals surface area (Å²) in [5, 5.41) is 2.63. The van der Waals surface area contributed by atoms with Gasteiger partial charge in [-0.1, -0.05) is 18.2 Å². The number of aryl methyl sites for hydroxylation is 1. The number of H-pyrrole nitrogens is 1. The molecule has 0 fully saturated rings. The zero-order valence-electron chi connectivity index (χ0n) is 11.4. The summed E-state index contributed by atoms with van der Waals surface area (Å²) >= 11 is 0. The third-order valence-electron chi connectivity index (χ3n) is 2.79. The van der Waals surface area contributed by atoms with Crippen LogP contribution in [-0.4, -0.2) is 23.5 Å². The highest BCUT2D eigenvalue weighted by Gasteiger charge is 2.13. The van der Waals surface area contributed by atoms with Crippen LogP contribution in [0.4, 0.5) is 5.69 Å². The molecule has 0 saturated carbocycles. The predicted octanol–water partition coefficient (Wildman–Crippen LogP) is 1.48. The summed E-state index contributed by atoms with van der Waals surface area (Å²) in [5.41, 5.74) is 0.857. The Bertz CT molecular complexity index is 721. The van der Waals surface area contributed by atoms with Gasteiger partial charge in [-0.05, 0) is 30.7 Å². The maximum absolute atomic E-state index is 11.7. The number of carbonyl (C=O) groups excluding carboxylic acids is 2. The average Bonchev–Trinajstić information content (AvgIpc) is 2.48. The molecule has 2 N–H and O–H groups in total. The molecule has 0 unspecified atom stereocenters. The zero-order chi connectivity index (χ0) is 15.2. The van der Waals surface area contributed by atoms with Gasteiger partial charge in [-0.2, -0.15) is 0 Å². The fourth-order valence-corrected chi connectivity index (χ4v) is 1.69. The predicted molar refractivity (Wildman–Crippen MR) is 77.2 cm³/mol. The normalized spacial score (nSPS) is 9.95. The van der Waals surface area contributed by atoms with Crippen molar-refractivity contribution in [3.8, 4) is 0 Å². The van der Waals surface area contributed by atoms with Crippen molar-refractivity contribution >= 4 is 17.6 Å². The van der Waals surface area contributed by atoms with Gasteiger partial charge in [0.05, 0.1) is 0 Å². The van der Waals surface area contributed by atoms with Crippen LogP contribution < -0.4 is 10.9 Å². The number of hydrogen-bond donors (Lipinski definition) is 2. The highest BCUT2D eigenvalue weighted by Crippen LogP contribution is 2.12. The van der Waals surface area contributed by atoms with Gasteiger partial charge in [-0.25, -0.2) is 4.79 Å². The maximum atomic E-state index is 11.7. The Kier molecular flexibility index (Phi) is 4.50. The van der Waals surface area contributed by atoms with Crippen LogP contribution in [0.3, 0.4) is 0 Å². The molecular formula is C15H14N2O4. The number of nitrogens with one attached hydrogen (secondary N) is 2. The fourth-order valence-electron chi connectivity index (χ4n) is 1.69. The molecule has 1 aromatic heterocycles. The van der Waals surface area contributed by atoms with Crippen LogP contribution in [0.1, 0.15) is 15.9 Å². The van der Waals surface area contributed by atoms with Crippen molar-refractivity contribution in [1.82, 2.24) is 4.98 Å². The molecule has 6 heteroatoms. The molecule has 21 heavy (non-hydrogen) atoms. The number of aromatic nitrogens is 1. The largest absolute Gasteiger partial charge is 0.452 e. The third-order valence-corrected chi connectivity index (χ3v) is 2.79. The fraction of sp³-hybridized carbons (Fsp3) is 0.133. The van der Waals surface area contributed by atoms with Crippen LogP contribution >= 0.6 is 0 Å². The van der Waals surface area contributed by atoms with Gasteiger partial charge in [0.2, 0.25) is 0 Å². The number of benzene rings is 1. The number of carbonyl (C=O) groups is 2. The molecule has 0 spiro atoms. The van der Waals surface area contributed by atoms with E-state index in [-0.39, 0.29) is 5.56 Å². The molecule has 0 atom stereocenters. The summed E-state index contributed by atoms with van der Waals surface area (Å²) in [7, 11) is 0. The third kappa shape index (κ3) is 3.79. The van der Waals surface area contributed by atoms with Gasteiger partial charge >= 0.3 is 5.97 Å². The molecule has 6 nitrogen and oxygen atoms in total. The minimum absolute atomic E-state index is 0.138. The number of hydrogen-bond acceptors (Lipinski definition) is 4. The lowest BCUT2D eigenvalue weighted by molar-refractivity contribution is -0.119. The van der Waals surface area contributed by atoms with E-state index in [0.29, 0.717) is 5.69 Å². The molecule has 0 aliphatic heterocycles. The monoisotopic (exact) mass is 286 g/mol. The molecule has 1 heterocycles. The molecule has 0 saturated heterocycles. The highest BCUT2D eigenvalue weighted by atomic mass is 16.5. The minimum Gasteiger partial charge on any atom is -0.452 e. The van der Waals surface area contributed by atoms with Gasteiger partial charge in [0.25, 0.3) is 11.5 Å². The van der Waals surface area contributed by atoms with Gasteiger partial charge in [-0.3, -0.25) is 9.59 Å². The van der Waals surface area contributed by atoms with Crippen molar-refractivity contribution in [2.24, 2.45) is 0 Å². The maximum Gasteiger partial charge on any atom is 0.344 e. The van der Waals surface area contributed by atoms with E-state index in [2.05, 4.69) is 10.3 Å². The summed E-state index contributed by atoms with van der Waals surface area (Å²) in [6, 6.07) is 10.1. The topological polar surface area (TPSA) is 88.3 Å². The van der Waals surface area contributed by atoms with Crippen molar-refractivity contribution < 1.29 is 14.3 Å².